The quantitative estimate of drug-likeness (QED) is 0.940. The number of hydrogen-bond acceptors (Lipinski definition) is 4. The third kappa shape index (κ3) is 3.24. The standard InChI is InChI=1S/C18H21N3O2/c1-13-6-4-10-20-16(13)17(14-7-5-9-19-12-14)21-11-3-2-8-15(21)18(22)23/h4-7,9-10,12,15,17H,2-3,8,11H2,1H3,(H,22,23). The van der Waals surface area contributed by atoms with Crippen LogP contribution in [0.2, 0.25) is 0 Å². The van der Waals surface area contributed by atoms with Crippen molar-refractivity contribution in [2.24, 2.45) is 0 Å². The van der Waals surface area contributed by atoms with Gasteiger partial charge in [0.1, 0.15) is 6.04 Å². The molecule has 2 aromatic heterocycles. The van der Waals surface area contributed by atoms with Crippen LogP contribution in [0.4, 0.5) is 0 Å². The lowest BCUT2D eigenvalue weighted by atomic mass is 9.93. The summed E-state index contributed by atoms with van der Waals surface area (Å²) in [6, 6.07) is 7.16. The highest BCUT2D eigenvalue weighted by atomic mass is 16.4. The van der Waals surface area contributed by atoms with Crippen molar-refractivity contribution in [1.82, 2.24) is 14.9 Å². The molecule has 1 aliphatic heterocycles. The average Bonchev–Trinajstić information content (AvgIpc) is 2.58. The molecule has 2 atom stereocenters. The van der Waals surface area contributed by atoms with Crippen molar-refractivity contribution < 1.29 is 9.90 Å². The van der Waals surface area contributed by atoms with Gasteiger partial charge in [-0.3, -0.25) is 19.7 Å². The average molecular weight is 311 g/mol. The van der Waals surface area contributed by atoms with Crippen molar-refractivity contribution in [3.63, 3.8) is 0 Å². The van der Waals surface area contributed by atoms with E-state index in [0.717, 1.165) is 36.2 Å². The normalized spacial score (nSPS) is 20.1. The molecule has 0 radical (unpaired) electrons. The van der Waals surface area contributed by atoms with Gasteiger partial charge >= 0.3 is 5.97 Å². The number of pyridine rings is 2. The molecule has 1 saturated heterocycles. The Morgan fingerprint density at radius 3 is 2.83 bits per heavy atom. The lowest BCUT2D eigenvalue weighted by molar-refractivity contribution is -0.145. The first-order chi connectivity index (χ1) is 11.2. The lowest BCUT2D eigenvalue weighted by Crippen LogP contribution is -2.47. The second-order valence-electron chi connectivity index (χ2n) is 5.98. The van der Waals surface area contributed by atoms with Crippen LogP contribution in [0.15, 0.2) is 42.9 Å². The minimum Gasteiger partial charge on any atom is -0.480 e. The third-order valence-corrected chi connectivity index (χ3v) is 4.47. The van der Waals surface area contributed by atoms with Crippen LogP contribution in [0.5, 0.6) is 0 Å². The monoisotopic (exact) mass is 311 g/mol. The molecule has 1 aliphatic rings. The number of piperidine rings is 1. The third-order valence-electron chi connectivity index (χ3n) is 4.47. The van der Waals surface area contributed by atoms with E-state index in [0.29, 0.717) is 6.42 Å². The Morgan fingerprint density at radius 1 is 1.30 bits per heavy atom. The fourth-order valence-electron chi connectivity index (χ4n) is 3.36. The number of carboxylic acid groups (broad SMARTS) is 1. The molecule has 0 aromatic carbocycles. The summed E-state index contributed by atoms with van der Waals surface area (Å²) in [4.78, 5) is 22.6. The zero-order valence-corrected chi connectivity index (χ0v) is 13.2. The Bertz CT molecular complexity index is 675. The van der Waals surface area contributed by atoms with Gasteiger partial charge in [-0.05, 0) is 49.6 Å². The van der Waals surface area contributed by atoms with Gasteiger partial charge in [0.2, 0.25) is 0 Å². The van der Waals surface area contributed by atoms with Crippen molar-refractivity contribution in [2.45, 2.75) is 38.3 Å². The second-order valence-corrected chi connectivity index (χ2v) is 5.98. The predicted molar refractivity (Wildman–Crippen MR) is 87.0 cm³/mol. The highest BCUT2D eigenvalue weighted by molar-refractivity contribution is 5.73. The van der Waals surface area contributed by atoms with E-state index in [-0.39, 0.29) is 6.04 Å². The molecule has 5 heteroatoms. The summed E-state index contributed by atoms with van der Waals surface area (Å²) in [5, 5.41) is 9.64. The number of likely N-dealkylation sites (tertiary alicyclic amines) is 1. The van der Waals surface area contributed by atoms with Crippen LogP contribution in [0.25, 0.3) is 0 Å². The molecule has 23 heavy (non-hydrogen) atoms. The van der Waals surface area contributed by atoms with Gasteiger partial charge in [0.15, 0.2) is 0 Å². The van der Waals surface area contributed by atoms with Crippen LogP contribution in [0, 0.1) is 6.92 Å². The Balaban J connectivity index is 2.08. The van der Waals surface area contributed by atoms with Crippen molar-refractivity contribution in [3.05, 3.63) is 59.7 Å². The van der Waals surface area contributed by atoms with Gasteiger partial charge in [0.05, 0.1) is 11.7 Å². The summed E-state index contributed by atoms with van der Waals surface area (Å²) in [6.07, 6.45) is 7.95. The number of carboxylic acids is 1. The van der Waals surface area contributed by atoms with Gasteiger partial charge < -0.3 is 5.11 Å². The van der Waals surface area contributed by atoms with Gasteiger partial charge in [-0.25, -0.2) is 0 Å². The molecule has 0 saturated carbocycles. The van der Waals surface area contributed by atoms with Gasteiger partial charge in [-0.15, -0.1) is 0 Å². The summed E-state index contributed by atoms with van der Waals surface area (Å²) < 4.78 is 0. The fraction of sp³-hybridized carbons (Fsp3) is 0.389. The first kappa shape index (κ1) is 15.6. The highest BCUT2D eigenvalue weighted by Gasteiger charge is 2.36. The van der Waals surface area contributed by atoms with Crippen LogP contribution in [-0.2, 0) is 4.79 Å². The molecule has 2 aromatic rings. The van der Waals surface area contributed by atoms with E-state index >= 15 is 0 Å². The van der Waals surface area contributed by atoms with E-state index in [1.165, 1.54) is 0 Å². The summed E-state index contributed by atoms with van der Waals surface area (Å²) >= 11 is 0. The maximum Gasteiger partial charge on any atom is 0.320 e. The molecule has 0 amide bonds. The topological polar surface area (TPSA) is 66.3 Å². The van der Waals surface area contributed by atoms with E-state index in [2.05, 4.69) is 14.9 Å². The zero-order chi connectivity index (χ0) is 16.2. The van der Waals surface area contributed by atoms with Crippen molar-refractivity contribution in [2.75, 3.05) is 6.54 Å². The smallest absolute Gasteiger partial charge is 0.320 e. The van der Waals surface area contributed by atoms with E-state index in [1.54, 1.807) is 12.4 Å². The molecule has 0 spiro atoms. The Labute approximate surface area is 136 Å². The fourth-order valence-corrected chi connectivity index (χ4v) is 3.36. The van der Waals surface area contributed by atoms with Gasteiger partial charge in [0, 0.05) is 18.6 Å². The minimum absolute atomic E-state index is 0.175. The molecule has 0 aliphatic carbocycles. The molecule has 5 nitrogen and oxygen atoms in total. The number of aryl methyl sites for hydroxylation is 1. The van der Waals surface area contributed by atoms with Crippen molar-refractivity contribution in [3.8, 4) is 0 Å². The molecular weight excluding hydrogens is 290 g/mol. The van der Waals surface area contributed by atoms with E-state index in [1.807, 2.05) is 37.4 Å². The predicted octanol–water partition coefficient (Wildman–Crippen LogP) is 2.81. The SMILES string of the molecule is Cc1cccnc1C(c1cccnc1)N1CCCCC1C(=O)O. The Hall–Kier alpha value is -2.27. The zero-order valence-electron chi connectivity index (χ0n) is 13.2. The van der Waals surface area contributed by atoms with Crippen LogP contribution in [0.1, 0.15) is 42.1 Å². The van der Waals surface area contributed by atoms with Gasteiger partial charge in [0.25, 0.3) is 0 Å². The summed E-state index contributed by atoms with van der Waals surface area (Å²) in [6.45, 7) is 2.78. The lowest BCUT2D eigenvalue weighted by Gasteiger charge is -2.39. The molecule has 0 bridgehead atoms. The number of rotatable bonds is 4. The number of carbonyl (C=O) groups is 1. The second kappa shape index (κ2) is 6.87. The summed E-state index contributed by atoms with van der Waals surface area (Å²) in [5.41, 5.74) is 2.96. The van der Waals surface area contributed by atoms with E-state index in [4.69, 9.17) is 0 Å². The minimum atomic E-state index is -0.757. The first-order valence-electron chi connectivity index (χ1n) is 7.98. The molecule has 1 fully saturated rings. The molecule has 1 N–H and O–H groups in total. The molecule has 120 valence electrons. The number of hydrogen-bond donors (Lipinski definition) is 1. The number of aromatic nitrogens is 2. The molecule has 3 heterocycles. The number of nitrogens with zero attached hydrogens (tertiary/aromatic N) is 3. The van der Waals surface area contributed by atoms with Gasteiger partial charge in [-0.1, -0.05) is 18.6 Å². The Morgan fingerprint density at radius 2 is 2.13 bits per heavy atom. The van der Waals surface area contributed by atoms with E-state index < -0.39 is 12.0 Å². The molecule has 3 rings (SSSR count). The summed E-state index contributed by atoms with van der Waals surface area (Å²) in [7, 11) is 0. The van der Waals surface area contributed by atoms with E-state index in [9.17, 15) is 9.90 Å². The van der Waals surface area contributed by atoms with Crippen molar-refractivity contribution >= 4 is 5.97 Å². The molecular formula is C18H21N3O2. The summed E-state index contributed by atoms with van der Waals surface area (Å²) in [5.74, 6) is -0.757. The van der Waals surface area contributed by atoms with Crippen LogP contribution in [-0.4, -0.2) is 38.5 Å². The Kier molecular flexibility index (Phi) is 4.67. The van der Waals surface area contributed by atoms with Crippen LogP contribution < -0.4 is 0 Å². The maximum absolute atomic E-state index is 11.7. The van der Waals surface area contributed by atoms with Gasteiger partial charge in [-0.2, -0.15) is 0 Å². The first-order valence-corrected chi connectivity index (χ1v) is 7.98. The molecule has 2 unspecified atom stereocenters. The van der Waals surface area contributed by atoms with Crippen LogP contribution in [0.3, 0.4) is 0 Å². The largest absolute Gasteiger partial charge is 0.480 e. The number of aliphatic carboxylic acids is 1. The highest BCUT2D eigenvalue weighted by Crippen LogP contribution is 2.34. The van der Waals surface area contributed by atoms with Crippen LogP contribution >= 0.6 is 0 Å². The maximum atomic E-state index is 11.7. The van der Waals surface area contributed by atoms with Crippen molar-refractivity contribution in [1.29, 1.82) is 0 Å².